The largest absolute Gasteiger partial charge is 0.487 e. The molecule has 3 rings (SSSR count). The number of aliphatic hydroxyl groups is 1. The lowest BCUT2D eigenvalue weighted by Crippen LogP contribution is -2.34. The van der Waals surface area contributed by atoms with E-state index in [4.69, 9.17) is 9.84 Å². The predicted octanol–water partition coefficient (Wildman–Crippen LogP) is 4.92. The molecule has 0 unspecified atom stereocenters. The van der Waals surface area contributed by atoms with E-state index in [2.05, 4.69) is 5.32 Å². The van der Waals surface area contributed by atoms with Crippen molar-refractivity contribution >= 4 is 23.1 Å². The number of alkyl halides is 7. The molecule has 1 heterocycles. The van der Waals surface area contributed by atoms with Crippen LogP contribution in [0, 0.1) is 0 Å². The molecule has 0 aliphatic carbocycles. The van der Waals surface area contributed by atoms with Gasteiger partial charge in [0, 0.05) is 43.6 Å². The maximum Gasteiger partial charge on any atom is 0.417 e. The molecule has 0 saturated heterocycles. The number of amides is 2. The van der Waals surface area contributed by atoms with E-state index in [-0.39, 0.29) is 17.8 Å². The van der Waals surface area contributed by atoms with Gasteiger partial charge in [-0.05, 0) is 24.3 Å². The maximum atomic E-state index is 15.1. The smallest absolute Gasteiger partial charge is 0.417 e. The molecular weight excluding hydrogens is 525 g/mol. The number of para-hydroxylation sites is 1. The number of anilines is 1. The number of nitrogens with one attached hydrogen (secondary N) is 1. The Bertz CT molecular complexity index is 1220. The highest BCUT2D eigenvalue weighted by Crippen LogP contribution is 2.44. The predicted molar refractivity (Wildman–Crippen MR) is 123 cm³/mol. The molecule has 13 heteroatoms. The number of rotatable bonds is 7. The SMILES string of the molecule is CC(F)(F)COc1ccc(C(=O)N2CCC(F)(F)C(=CC(=O)NCCO)c3ccccc32)c(C(F)(F)F)c1. The molecule has 38 heavy (non-hydrogen) atoms. The number of carbonyl (C=O) groups excluding carboxylic acids is 2. The zero-order valence-corrected chi connectivity index (χ0v) is 19.9. The van der Waals surface area contributed by atoms with Crippen LogP contribution in [0.4, 0.5) is 36.4 Å². The second-order valence-electron chi connectivity index (χ2n) is 8.57. The van der Waals surface area contributed by atoms with Crippen LogP contribution in [0.5, 0.6) is 5.75 Å². The van der Waals surface area contributed by atoms with Crippen LogP contribution in [-0.2, 0) is 11.0 Å². The van der Waals surface area contributed by atoms with Crippen LogP contribution in [0.25, 0.3) is 5.57 Å². The first kappa shape index (κ1) is 29.0. The van der Waals surface area contributed by atoms with E-state index in [1.54, 1.807) is 0 Å². The second-order valence-corrected chi connectivity index (χ2v) is 8.57. The Balaban J connectivity index is 2.07. The number of carbonyl (C=O) groups is 2. The van der Waals surface area contributed by atoms with Crippen molar-refractivity contribution in [1.82, 2.24) is 5.32 Å². The minimum atomic E-state index is -5.11. The molecular formula is C25H23F7N2O4. The van der Waals surface area contributed by atoms with Crippen molar-refractivity contribution in [2.24, 2.45) is 0 Å². The molecule has 0 bridgehead atoms. The van der Waals surface area contributed by atoms with E-state index in [9.17, 15) is 31.5 Å². The molecule has 1 aliphatic heterocycles. The van der Waals surface area contributed by atoms with E-state index >= 15 is 8.78 Å². The monoisotopic (exact) mass is 548 g/mol. The summed E-state index contributed by atoms with van der Waals surface area (Å²) in [5.74, 6) is -9.72. The average Bonchev–Trinajstić information content (AvgIpc) is 2.94. The summed E-state index contributed by atoms with van der Waals surface area (Å²) >= 11 is 0. The lowest BCUT2D eigenvalue weighted by Gasteiger charge is -2.24. The van der Waals surface area contributed by atoms with Crippen molar-refractivity contribution in [1.29, 1.82) is 0 Å². The summed E-state index contributed by atoms with van der Waals surface area (Å²) in [5.41, 5.74) is -3.55. The third kappa shape index (κ3) is 6.82. The van der Waals surface area contributed by atoms with Crippen molar-refractivity contribution in [2.45, 2.75) is 31.4 Å². The van der Waals surface area contributed by atoms with Crippen LogP contribution < -0.4 is 15.0 Å². The minimum Gasteiger partial charge on any atom is -0.487 e. The number of ether oxygens (including phenoxy) is 1. The molecule has 206 valence electrons. The second kappa shape index (κ2) is 11.0. The molecule has 0 spiro atoms. The molecule has 6 nitrogen and oxygen atoms in total. The van der Waals surface area contributed by atoms with E-state index in [0.29, 0.717) is 19.1 Å². The standard InChI is InChI=1S/C25H23F7N2O4/c1-23(26,27)14-38-15-6-7-17(19(12-15)25(30,31)32)22(37)34-10-8-24(28,29)18(13-21(36)33-9-11-35)16-4-2-3-5-20(16)34/h2-7,12-13,35H,8-11,14H2,1H3,(H,33,36). The normalized spacial score (nSPS) is 16.6. The molecule has 2 aromatic carbocycles. The number of nitrogens with zero attached hydrogens (tertiary/aromatic N) is 1. The highest BCUT2D eigenvalue weighted by atomic mass is 19.4. The van der Waals surface area contributed by atoms with Crippen LogP contribution in [0.3, 0.4) is 0 Å². The van der Waals surface area contributed by atoms with E-state index in [1.165, 1.54) is 24.3 Å². The molecule has 2 N–H and O–H groups in total. The fourth-order valence-corrected chi connectivity index (χ4v) is 3.79. The van der Waals surface area contributed by atoms with Crippen molar-refractivity contribution < 1.29 is 50.2 Å². The van der Waals surface area contributed by atoms with Gasteiger partial charge in [-0.3, -0.25) is 9.59 Å². The molecule has 0 aromatic heterocycles. The van der Waals surface area contributed by atoms with Gasteiger partial charge in [-0.1, -0.05) is 18.2 Å². The quantitative estimate of drug-likeness (QED) is 0.381. The van der Waals surface area contributed by atoms with Crippen molar-refractivity contribution in [2.75, 3.05) is 31.2 Å². The zero-order valence-electron chi connectivity index (χ0n) is 19.9. The summed E-state index contributed by atoms with van der Waals surface area (Å²) in [6.07, 6.45) is -5.50. The molecule has 2 amide bonds. The Morgan fingerprint density at radius 1 is 1.13 bits per heavy atom. The summed E-state index contributed by atoms with van der Waals surface area (Å²) in [6.45, 7) is -2.02. The first-order valence-corrected chi connectivity index (χ1v) is 11.3. The Morgan fingerprint density at radius 3 is 2.45 bits per heavy atom. The summed E-state index contributed by atoms with van der Waals surface area (Å²) in [6, 6.07) is 7.24. The van der Waals surface area contributed by atoms with Crippen LogP contribution in [-0.4, -0.2) is 55.1 Å². The first-order chi connectivity index (χ1) is 17.6. The summed E-state index contributed by atoms with van der Waals surface area (Å²) in [7, 11) is 0. The van der Waals surface area contributed by atoms with Gasteiger partial charge in [0.25, 0.3) is 17.8 Å². The fourth-order valence-electron chi connectivity index (χ4n) is 3.79. The minimum absolute atomic E-state index is 0.157. The van der Waals surface area contributed by atoms with Gasteiger partial charge in [0.1, 0.15) is 5.75 Å². The number of hydrogen-bond acceptors (Lipinski definition) is 4. The molecule has 0 radical (unpaired) electrons. The lowest BCUT2D eigenvalue weighted by molar-refractivity contribution is -0.138. The lowest BCUT2D eigenvalue weighted by atomic mass is 9.97. The average molecular weight is 548 g/mol. The van der Waals surface area contributed by atoms with Crippen molar-refractivity contribution in [3.05, 3.63) is 65.2 Å². The highest BCUT2D eigenvalue weighted by Gasteiger charge is 2.43. The number of fused-ring (bicyclic) bond motifs is 1. The molecule has 1 aliphatic rings. The van der Waals surface area contributed by atoms with Crippen LogP contribution >= 0.6 is 0 Å². The Morgan fingerprint density at radius 2 is 1.82 bits per heavy atom. The van der Waals surface area contributed by atoms with Crippen molar-refractivity contribution in [3.8, 4) is 5.75 Å². The Labute approximate surface area is 212 Å². The third-order valence-electron chi connectivity index (χ3n) is 5.48. The van der Waals surface area contributed by atoms with E-state index in [1.807, 2.05) is 0 Å². The van der Waals surface area contributed by atoms with E-state index < -0.39 is 78.5 Å². The van der Waals surface area contributed by atoms with Gasteiger partial charge < -0.3 is 20.1 Å². The van der Waals surface area contributed by atoms with Gasteiger partial charge >= 0.3 is 6.18 Å². The number of benzene rings is 2. The Hall–Kier alpha value is -3.61. The number of halogens is 7. The zero-order chi connectivity index (χ0) is 28.3. The highest BCUT2D eigenvalue weighted by molar-refractivity contribution is 6.10. The Kier molecular flexibility index (Phi) is 8.39. The van der Waals surface area contributed by atoms with Gasteiger partial charge in [0.15, 0.2) is 6.61 Å². The fraction of sp³-hybridized carbons (Fsp3) is 0.360. The topological polar surface area (TPSA) is 78.9 Å². The van der Waals surface area contributed by atoms with Crippen LogP contribution in [0.2, 0.25) is 0 Å². The summed E-state index contributed by atoms with van der Waals surface area (Å²) < 4.78 is 103. The first-order valence-electron chi connectivity index (χ1n) is 11.3. The van der Waals surface area contributed by atoms with Gasteiger partial charge in [-0.25, -0.2) is 17.6 Å². The van der Waals surface area contributed by atoms with Crippen molar-refractivity contribution in [3.63, 3.8) is 0 Å². The summed E-state index contributed by atoms with van der Waals surface area (Å²) in [5, 5.41) is 11.1. The molecule has 0 fully saturated rings. The van der Waals surface area contributed by atoms with E-state index in [0.717, 1.165) is 17.0 Å². The number of aliphatic hydroxyl groups excluding tert-OH is 1. The van der Waals surface area contributed by atoms with Gasteiger partial charge in [-0.2, -0.15) is 13.2 Å². The van der Waals surface area contributed by atoms with Gasteiger partial charge in [0.2, 0.25) is 5.91 Å². The number of hydrogen-bond donors (Lipinski definition) is 2. The van der Waals surface area contributed by atoms with Gasteiger partial charge in [-0.15, -0.1) is 0 Å². The molecule has 0 atom stereocenters. The van der Waals surface area contributed by atoms with Gasteiger partial charge in [0.05, 0.1) is 23.4 Å². The molecule has 2 aromatic rings. The number of allylic oxidation sites excluding steroid dienone is 1. The van der Waals surface area contributed by atoms with Crippen LogP contribution in [0.15, 0.2) is 48.5 Å². The maximum absolute atomic E-state index is 15.1. The third-order valence-corrected chi connectivity index (χ3v) is 5.48. The van der Waals surface area contributed by atoms with Crippen LogP contribution in [0.1, 0.15) is 34.8 Å². The molecule has 0 saturated carbocycles. The summed E-state index contributed by atoms with van der Waals surface area (Å²) in [4.78, 5) is 26.3.